The molecular formula is C14H10F2O3. The summed E-state index contributed by atoms with van der Waals surface area (Å²) in [5, 5.41) is 8.70. The Morgan fingerprint density at radius 3 is 2.53 bits per heavy atom. The van der Waals surface area contributed by atoms with E-state index in [2.05, 4.69) is 0 Å². The maximum Gasteiger partial charge on any atom is 0.335 e. The predicted molar refractivity (Wildman–Crippen MR) is 64.6 cm³/mol. The summed E-state index contributed by atoms with van der Waals surface area (Å²) in [5.41, 5.74) is 0.176. The molecule has 98 valence electrons. The lowest BCUT2D eigenvalue weighted by Crippen LogP contribution is -1.98. The van der Waals surface area contributed by atoms with E-state index >= 15 is 0 Å². The Bertz CT molecular complexity index is 639. The second-order valence-corrected chi connectivity index (χ2v) is 3.94. The van der Waals surface area contributed by atoms with Crippen LogP contribution in [0.3, 0.4) is 0 Å². The van der Waals surface area contributed by atoms with Crippen LogP contribution < -0.4 is 4.74 Å². The number of hydrogen-bond donors (Lipinski definition) is 1. The maximum atomic E-state index is 13.7. The molecule has 0 radical (unpaired) electrons. The number of carbonyl (C=O) groups is 1. The van der Waals surface area contributed by atoms with Crippen LogP contribution in [-0.2, 0) is 0 Å². The standard InChI is InChI=1S/C14H10F2O3/c1-8-3-2-4-12(13(8)16)19-11-6-5-9(14(17)18)7-10(11)15/h2-7H,1H3,(H,17,18). The van der Waals surface area contributed by atoms with Crippen LogP contribution in [0.5, 0.6) is 11.5 Å². The monoisotopic (exact) mass is 264 g/mol. The van der Waals surface area contributed by atoms with Gasteiger partial charge in [-0.15, -0.1) is 0 Å². The molecule has 0 saturated heterocycles. The fourth-order valence-electron chi connectivity index (χ4n) is 1.53. The number of carboxylic acids is 1. The highest BCUT2D eigenvalue weighted by atomic mass is 19.1. The number of carboxylic acid groups (broad SMARTS) is 1. The van der Waals surface area contributed by atoms with E-state index in [9.17, 15) is 13.6 Å². The SMILES string of the molecule is Cc1cccc(Oc2ccc(C(=O)O)cc2F)c1F. The maximum absolute atomic E-state index is 13.7. The summed E-state index contributed by atoms with van der Waals surface area (Å²) in [5.74, 6) is -3.02. The number of rotatable bonds is 3. The summed E-state index contributed by atoms with van der Waals surface area (Å²) >= 11 is 0. The first-order chi connectivity index (χ1) is 8.99. The van der Waals surface area contributed by atoms with E-state index in [0.29, 0.717) is 5.56 Å². The fraction of sp³-hybridized carbons (Fsp3) is 0.0714. The van der Waals surface area contributed by atoms with Gasteiger partial charge in [-0.05, 0) is 36.8 Å². The molecule has 2 rings (SSSR count). The van der Waals surface area contributed by atoms with Crippen molar-refractivity contribution in [3.8, 4) is 11.5 Å². The van der Waals surface area contributed by atoms with E-state index in [-0.39, 0.29) is 17.1 Å². The molecule has 2 aromatic carbocycles. The average Bonchev–Trinajstić information content (AvgIpc) is 2.37. The summed E-state index contributed by atoms with van der Waals surface area (Å²) in [7, 11) is 0. The number of aromatic carboxylic acids is 1. The van der Waals surface area contributed by atoms with Gasteiger partial charge in [-0.3, -0.25) is 0 Å². The Morgan fingerprint density at radius 2 is 1.89 bits per heavy atom. The van der Waals surface area contributed by atoms with Crippen molar-refractivity contribution < 1.29 is 23.4 Å². The molecule has 0 saturated carbocycles. The van der Waals surface area contributed by atoms with Crippen LogP contribution in [0.25, 0.3) is 0 Å². The van der Waals surface area contributed by atoms with Crippen molar-refractivity contribution in [1.29, 1.82) is 0 Å². The smallest absolute Gasteiger partial charge is 0.335 e. The normalized spacial score (nSPS) is 10.3. The molecule has 0 bridgehead atoms. The molecule has 0 fully saturated rings. The van der Waals surface area contributed by atoms with E-state index in [0.717, 1.165) is 12.1 Å². The van der Waals surface area contributed by atoms with Crippen molar-refractivity contribution >= 4 is 5.97 Å². The number of benzene rings is 2. The molecule has 0 aliphatic heterocycles. The molecule has 5 heteroatoms. The zero-order chi connectivity index (χ0) is 14.0. The van der Waals surface area contributed by atoms with Gasteiger partial charge in [0, 0.05) is 0 Å². The van der Waals surface area contributed by atoms with E-state index in [1.165, 1.54) is 12.1 Å². The number of ether oxygens (including phenoxy) is 1. The third-order valence-corrected chi connectivity index (χ3v) is 2.56. The lowest BCUT2D eigenvalue weighted by atomic mass is 10.2. The largest absolute Gasteiger partial charge is 0.478 e. The van der Waals surface area contributed by atoms with Crippen molar-refractivity contribution in [1.82, 2.24) is 0 Å². The zero-order valence-corrected chi connectivity index (χ0v) is 9.98. The fourth-order valence-corrected chi connectivity index (χ4v) is 1.53. The highest BCUT2D eigenvalue weighted by molar-refractivity contribution is 5.87. The van der Waals surface area contributed by atoms with Crippen LogP contribution in [-0.4, -0.2) is 11.1 Å². The van der Waals surface area contributed by atoms with Crippen LogP contribution in [0.1, 0.15) is 15.9 Å². The number of halogens is 2. The van der Waals surface area contributed by atoms with Gasteiger partial charge in [0.25, 0.3) is 0 Å². The van der Waals surface area contributed by atoms with Gasteiger partial charge in [0.15, 0.2) is 23.1 Å². The molecule has 0 spiro atoms. The van der Waals surface area contributed by atoms with Gasteiger partial charge in [-0.25, -0.2) is 13.6 Å². The molecule has 0 aromatic heterocycles. The second kappa shape index (κ2) is 5.06. The van der Waals surface area contributed by atoms with E-state index in [1.807, 2.05) is 0 Å². The Labute approximate surface area is 108 Å². The van der Waals surface area contributed by atoms with E-state index in [4.69, 9.17) is 9.84 Å². The third kappa shape index (κ3) is 2.70. The molecule has 1 N–H and O–H groups in total. The minimum absolute atomic E-state index is 0.109. The molecule has 0 unspecified atom stereocenters. The van der Waals surface area contributed by atoms with Crippen molar-refractivity contribution in [2.45, 2.75) is 6.92 Å². The quantitative estimate of drug-likeness (QED) is 0.918. The van der Waals surface area contributed by atoms with Gasteiger partial charge < -0.3 is 9.84 Å². The Balaban J connectivity index is 2.34. The summed E-state index contributed by atoms with van der Waals surface area (Å²) in [6, 6.07) is 7.68. The third-order valence-electron chi connectivity index (χ3n) is 2.56. The summed E-state index contributed by atoms with van der Waals surface area (Å²) in [6.07, 6.45) is 0. The lowest BCUT2D eigenvalue weighted by molar-refractivity contribution is 0.0696. The molecule has 0 aliphatic carbocycles. The lowest BCUT2D eigenvalue weighted by Gasteiger charge is -2.09. The van der Waals surface area contributed by atoms with Gasteiger partial charge in [-0.1, -0.05) is 12.1 Å². The van der Waals surface area contributed by atoms with Crippen LogP contribution in [0, 0.1) is 18.6 Å². The van der Waals surface area contributed by atoms with Gasteiger partial charge in [0.2, 0.25) is 0 Å². The first-order valence-corrected chi connectivity index (χ1v) is 5.45. The molecule has 3 nitrogen and oxygen atoms in total. The predicted octanol–water partition coefficient (Wildman–Crippen LogP) is 3.76. The van der Waals surface area contributed by atoms with Crippen molar-refractivity contribution in [3.05, 3.63) is 59.2 Å². The molecule has 0 amide bonds. The molecule has 2 aromatic rings. The van der Waals surface area contributed by atoms with Crippen LogP contribution in [0.2, 0.25) is 0 Å². The first-order valence-electron chi connectivity index (χ1n) is 5.45. The van der Waals surface area contributed by atoms with E-state index in [1.54, 1.807) is 19.1 Å². The highest BCUT2D eigenvalue weighted by Gasteiger charge is 2.12. The van der Waals surface area contributed by atoms with Crippen LogP contribution >= 0.6 is 0 Å². The molecule has 0 heterocycles. The Morgan fingerprint density at radius 1 is 1.16 bits per heavy atom. The topological polar surface area (TPSA) is 46.5 Å². The van der Waals surface area contributed by atoms with Crippen molar-refractivity contribution in [2.75, 3.05) is 0 Å². The van der Waals surface area contributed by atoms with Gasteiger partial charge >= 0.3 is 5.97 Å². The summed E-state index contributed by atoms with van der Waals surface area (Å²) in [6.45, 7) is 1.56. The molecular weight excluding hydrogens is 254 g/mol. The second-order valence-electron chi connectivity index (χ2n) is 3.94. The highest BCUT2D eigenvalue weighted by Crippen LogP contribution is 2.28. The average molecular weight is 264 g/mol. The summed E-state index contributed by atoms with van der Waals surface area (Å²) in [4.78, 5) is 10.7. The van der Waals surface area contributed by atoms with E-state index < -0.39 is 17.6 Å². The van der Waals surface area contributed by atoms with Crippen molar-refractivity contribution in [3.63, 3.8) is 0 Å². The minimum Gasteiger partial charge on any atom is -0.478 e. The Kier molecular flexibility index (Phi) is 3.46. The Hall–Kier alpha value is -2.43. The van der Waals surface area contributed by atoms with Crippen LogP contribution in [0.4, 0.5) is 8.78 Å². The number of hydrogen-bond acceptors (Lipinski definition) is 2. The number of aryl methyl sites for hydroxylation is 1. The van der Waals surface area contributed by atoms with Gasteiger partial charge in [0.05, 0.1) is 5.56 Å². The minimum atomic E-state index is -1.24. The molecule has 19 heavy (non-hydrogen) atoms. The zero-order valence-electron chi connectivity index (χ0n) is 9.98. The van der Waals surface area contributed by atoms with Gasteiger partial charge in [-0.2, -0.15) is 0 Å². The van der Waals surface area contributed by atoms with Crippen molar-refractivity contribution in [2.24, 2.45) is 0 Å². The summed E-state index contributed by atoms with van der Waals surface area (Å²) < 4.78 is 32.4. The van der Waals surface area contributed by atoms with Crippen LogP contribution in [0.15, 0.2) is 36.4 Å². The molecule has 0 aliphatic rings. The first kappa shape index (κ1) is 13.0. The molecule has 0 atom stereocenters. The van der Waals surface area contributed by atoms with Gasteiger partial charge in [0.1, 0.15) is 0 Å².